The number of hydrogen-bond donors (Lipinski definition) is 1. The van der Waals surface area contributed by atoms with Crippen molar-refractivity contribution >= 4 is 0 Å². The smallest absolute Gasteiger partial charge is 0.134 e. The standard InChI is InChI=1S/C22H20FN3O/c23-20-8-6-19(7-9-20)22-11-10-21(27-22)15-24-14-17-2-4-18(5-3-17)16-26-13-1-12-25-26/h1-13,24H,14-16H2. The lowest BCUT2D eigenvalue weighted by molar-refractivity contribution is 0.493. The molecule has 4 rings (SSSR count). The zero-order valence-corrected chi connectivity index (χ0v) is 14.8. The monoisotopic (exact) mass is 361 g/mol. The van der Waals surface area contributed by atoms with Crippen LogP contribution in [-0.4, -0.2) is 9.78 Å². The molecule has 4 nitrogen and oxygen atoms in total. The Bertz CT molecular complexity index is 973. The van der Waals surface area contributed by atoms with Crippen LogP contribution in [0, 0.1) is 5.82 Å². The van der Waals surface area contributed by atoms with Crippen molar-refractivity contribution in [1.29, 1.82) is 0 Å². The highest BCUT2D eigenvalue weighted by Crippen LogP contribution is 2.22. The molecular formula is C22H20FN3O. The molecule has 0 saturated heterocycles. The van der Waals surface area contributed by atoms with Gasteiger partial charge in [-0.2, -0.15) is 5.10 Å². The van der Waals surface area contributed by atoms with Gasteiger partial charge in [0.05, 0.1) is 13.1 Å². The van der Waals surface area contributed by atoms with E-state index < -0.39 is 0 Å². The molecule has 0 spiro atoms. The van der Waals surface area contributed by atoms with Crippen molar-refractivity contribution in [2.45, 2.75) is 19.6 Å². The largest absolute Gasteiger partial charge is 0.460 e. The van der Waals surface area contributed by atoms with Crippen LogP contribution in [0.25, 0.3) is 11.3 Å². The number of benzene rings is 2. The first-order chi connectivity index (χ1) is 13.3. The summed E-state index contributed by atoms with van der Waals surface area (Å²) in [5.74, 6) is 1.35. The fourth-order valence-electron chi connectivity index (χ4n) is 2.92. The van der Waals surface area contributed by atoms with Crippen molar-refractivity contribution in [3.63, 3.8) is 0 Å². The van der Waals surface area contributed by atoms with Crippen molar-refractivity contribution in [2.75, 3.05) is 0 Å². The summed E-state index contributed by atoms with van der Waals surface area (Å²) in [6.07, 6.45) is 3.74. The summed E-state index contributed by atoms with van der Waals surface area (Å²) in [7, 11) is 0. The molecule has 0 saturated carbocycles. The van der Waals surface area contributed by atoms with E-state index in [0.29, 0.717) is 6.54 Å². The molecule has 2 aromatic heterocycles. The van der Waals surface area contributed by atoms with Gasteiger partial charge in [-0.15, -0.1) is 0 Å². The summed E-state index contributed by atoms with van der Waals surface area (Å²) in [6, 6.07) is 20.6. The van der Waals surface area contributed by atoms with E-state index in [1.54, 1.807) is 18.3 Å². The molecule has 0 amide bonds. The molecular weight excluding hydrogens is 341 g/mol. The summed E-state index contributed by atoms with van der Waals surface area (Å²) in [5.41, 5.74) is 3.30. The lowest BCUT2D eigenvalue weighted by Gasteiger charge is -2.06. The van der Waals surface area contributed by atoms with Crippen LogP contribution in [0.15, 0.2) is 83.5 Å². The number of hydrogen-bond acceptors (Lipinski definition) is 3. The Hall–Kier alpha value is -3.18. The molecule has 136 valence electrons. The van der Waals surface area contributed by atoms with Crippen LogP contribution >= 0.6 is 0 Å². The summed E-state index contributed by atoms with van der Waals surface area (Å²) in [4.78, 5) is 0. The summed E-state index contributed by atoms with van der Waals surface area (Å²) < 4.78 is 20.7. The Balaban J connectivity index is 1.29. The summed E-state index contributed by atoms with van der Waals surface area (Å²) >= 11 is 0. The maximum atomic E-state index is 13.0. The summed E-state index contributed by atoms with van der Waals surface area (Å²) in [6.45, 7) is 2.17. The van der Waals surface area contributed by atoms with Crippen LogP contribution in [0.1, 0.15) is 16.9 Å². The molecule has 27 heavy (non-hydrogen) atoms. The highest BCUT2D eigenvalue weighted by atomic mass is 19.1. The normalized spacial score (nSPS) is 11.0. The van der Waals surface area contributed by atoms with Gasteiger partial charge < -0.3 is 9.73 Å². The van der Waals surface area contributed by atoms with Crippen molar-refractivity contribution in [3.05, 3.63) is 102 Å². The van der Waals surface area contributed by atoms with E-state index in [-0.39, 0.29) is 5.82 Å². The number of nitrogens with zero attached hydrogens (tertiary/aromatic N) is 2. The topological polar surface area (TPSA) is 43.0 Å². The quantitative estimate of drug-likeness (QED) is 0.522. The molecule has 2 aromatic carbocycles. The van der Waals surface area contributed by atoms with Gasteiger partial charge in [-0.05, 0) is 53.6 Å². The molecule has 0 aliphatic heterocycles. The van der Waals surface area contributed by atoms with E-state index in [0.717, 1.165) is 30.2 Å². The van der Waals surface area contributed by atoms with Crippen LogP contribution in [0.3, 0.4) is 0 Å². The van der Waals surface area contributed by atoms with Crippen molar-refractivity contribution in [3.8, 4) is 11.3 Å². The number of halogens is 1. The van der Waals surface area contributed by atoms with Crippen LogP contribution in [0.4, 0.5) is 4.39 Å². The first-order valence-corrected chi connectivity index (χ1v) is 8.87. The average molecular weight is 361 g/mol. The maximum absolute atomic E-state index is 13.0. The van der Waals surface area contributed by atoms with E-state index in [9.17, 15) is 4.39 Å². The molecule has 5 heteroatoms. The molecule has 0 unspecified atom stereocenters. The van der Waals surface area contributed by atoms with Gasteiger partial charge in [-0.1, -0.05) is 24.3 Å². The van der Waals surface area contributed by atoms with Gasteiger partial charge in [0.1, 0.15) is 17.3 Å². The zero-order valence-electron chi connectivity index (χ0n) is 14.8. The van der Waals surface area contributed by atoms with Crippen molar-refractivity contribution in [2.24, 2.45) is 0 Å². The van der Waals surface area contributed by atoms with Crippen LogP contribution in [0.2, 0.25) is 0 Å². The second kappa shape index (κ2) is 8.01. The van der Waals surface area contributed by atoms with Gasteiger partial charge in [0.25, 0.3) is 0 Å². The predicted molar refractivity (Wildman–Crippen MR) is 102 cm³/mol. The minimum atomic E-state index is -0.247. The third-order valence-electron chi connectivity index (χ3n) is 4.35. The van der Waals surface area contributed by atoms with Gasteiger partial charge in [0.2, 0.25) is 0 Å². The minimum Gasteiger partial charge on any atom is -0.460 e. The van der Waals surface area contributed by atoms with Gasteiger partial charge >= 0.3 is 0 Å². The Morgan fingerprint density at radius 3 is 2.41 bits per heavy atom. The van der Waals surface area contributed by atoms with Gasteiger partial charge in [-0.25, -0.2) is 4.39 Å². The lowest BCUT2D eigenvalue weighted by Crippen LogP contribution is -2.12. The maximum Gasteiger partial charge on any atom is 0.134 e. The number of rotatable bonds is 7. The Morgan fingerprint density at radius 2 is 1.67 bits per heavy atom. The first-order valence-electron chi connectivity index (χ1n) is 8.87. The third-order valence-corrected chi connectivity index (χ3v) is 4.35. The zero-order chi connectivity index (χ0) is 18.5. The predicted octanol–water partition coefficient (Wildman–Crippen LogP) is 4.62. The molecule has 1 N–H and O–H groups in total. The van der Waals surface area contributed by atoms with Gasteiger partial charge in [-0.3, -0.25) is 4.68 Å². The Labute approximate surface area is 157 Å². The first kappa shape index (κ1) is 17.2. The van der Waals surface area contributed by atoms with Crippen molar-refractivity contribution < 1.29 is 8.81 Å². The summed E-state index contributed by atoms with van der Waals surface area (Å²) in [5, 5.41) is 7.61. The second-order valence-corrected chi connectivity index (χ2v) is 6.40. The number of nitrogens with one attached hydrogen (secondary N) is 1. The number of aromatic nitrogens is 2. The van der Waals surface area contributed by atoms with Crippen molar-refractivity contribution in [1.82, 2.24) is 15.1 Å². The van der Waals surface area contributed by atoms with E-state index >= 15 is 0 Å². The van der Waals surface area contributed by atoms with E-state index in [1.807, 2.05) is 29.1 Å². The highest BCUT2D eigenvalue weighted by Gasteiger charge is 2.05. The lowest BCUT2D eigenvalue weighted by atomic mass is 10.1. The van der Waals surface area contributed by atoms with E-state index in [2.05, 4.69) is 34.7 Å². The van der Waals surface area contributed by atoms with Gasteiger partial charge in [0, 0.05) is 24.5 Å². The van der Waals surface area contributed by atoms with Crippen LogP contribution in [0.5, 0.6) is 0 Å². The Kier molecular flexibility index (Phi) is 5.12. The third kappa shape index (κ3) is 4.51. The highest BCUT2D eigenvalue weighted by molar-refractivity contribution is 5.57. The molecule has 4 aromatic rings. The van der Waals surface area contributed by atoms with E-state index in [1.165, 1.54) is 23.3 Å². The van der Waals surface area contributed by atoms with Crippen LogP contribution in [-0.2, 0) is 19.6 Å². The molecule has 0 aliphatic rings. The van der Waals surface area contributed by atoms with E-state index in [4.69, 9.17) is 4.42 Å². The molecule has 0 atom stereocenters. The molecule has 2 heterocycles. The van der Waals surface area contributed by atoms with Gasteiger partial charge in [0.15, 0.2) is 0 Å². The van der Waals surface area contributed by atoms with Crippen LogP contribution < -0.4 is 5.32 Å². The fourth-order valence-corrected chi connectivity index (χ4v) is 2.92. The molecule has 0 bridgehead atoms. The average Bonchev–Trinajstić information content (AvgIpc) is 3.36. The molecule has 0 fully saturated rings. The SMILES string of the molecule is Fc1ccc(-c2ccc(CNCc3ccc(Cn4cccn4)cc3)o2)cc1. The number of furan rings is 1. The second-order valence-electron chi connectivity index (χ2n) is 6.40. The molecule has 0 radical (unpaired) electrons. The minimum absolute atomic E-state index is 0.247. The molecule has 0 aliphatic carbocycles. The Morgan fingerprint density at radius 1 is 0.889 bits per heavy atom. The fraction of sp³-hybridized carbons (Fsp3) is 0.136.